The van der Waals surface area contributed by atoms with Crippen LogP contribution in [0.3, 0.4) is 0 Å². The molecule has 1 saturated heterocycles. The third-order valence-corrected chi connectivity index (χ3v) is 5.07. The number of carbonyl (C=O) groups is 2. The number of piperidine rings is 1. The zero-order valence-corrected chi connectivity index (χ0v) is 14.5. The Labute approximate surface area is 133 Å². The number of esters is 1. The van der Waals surface area contributed by atoms with Crippen molar-refractivity contribution in [3.63, 3.8) is 0 Å². The number of carbonyl (C=O) groups excluding carboxylic acids is 2. The maximum Gasteiger partial charge on any atom is 0.310 e. The minimum atomic E-state index is -0.410. The predicted molar refractivity (Wildman–Crippen MR) is 85.3 cm³/mol. The zero-order valence-electron chi connectivity index (χ0n) is 14.5. The molecular weight excluding hydrogens is 280 g/mol. The third kappa shape index (κ3) is 3.80. The van der Waals surface area contributed by atoms with Crippen LogP contribution >= 0.6 is 0 Å². The maximum atomic E-state index is 12.3. The average Bonchev–Trinajstić information content (AvgIpc) is 2.43. The second-order valence-corrected chi connectivity index (χ2v) is 7.95. The van der Waals surface area contributed by atoms with Crippen LogP contribution in [0.2, 0.25) is 0 Å². The van der Waals surface area contributed by atoms with Crippen molar-refractivity contribution in [2.45, 2.75) is 59.0 Å². The lowest BCUT2D eigenvalue weighted by Crippen LogP contribution is -2.59. The minimum Gasteiger partial charge on any atom is -0.469 e. The van der Waals surface area contributed by atoms with Gasteiger partial charge in [-0.05, 0) is 25.2 Å². The Bertz CT molecular complexity index is 430. The number of likely N-dealkylation sites (tertiary alicyclic amines) is 1. The fourth-order valence-electron chi connectivity index (χ4n) is 3.44. The van der Waals surface area contributed by atoms with Crippen LogP contribution in [0.1, 0.15) is 47.0 Å². The van der Waals surface area contributed by atoms with E-state index >= 15 is 0 Å². The van der Waals surface area contributed by atoms with Gasteiger partial charge < -0.3 is 10.1 Å². The fourth-order valence-corrected chi connectivity index (χ4v) is 3.44. The van der Waals surface area contributed by atoms with Gasteiger partial charge in [-0.2, -0.15) is 0 Å². The summed E-state index contributed by atoms with van der Waals surface area (Å²) < 4.78 is 4.94. The van der Waals surface area contributed by atoms with E-state index in [0.29, 0.717) is 18.4 Å². The van der Waals surface area contributed by atoms with E-state index in [1.807, 2.05) is 20.8 Å². The van der Waals surface area contributed by atoms with Crippen molar-refractivity contribution in [2.75, 3.05) is 20.2 Å². The summed E-state index contributed by atoms with van der Waals surface area (Å²) in [5.74, 6) is 0.420. The second kappa shape index (κ2) is 6.57. The van der Waals surface area contributed by atoms with Crippen LogP contribution in [0.5, 0.6) is 0 Å². The molecule has 0 aromatic rings. The highest BCUT2D eigenvalue weighted by Gasteiger charge is 2.40. The van der Waals surface area contributed by atoms with Gasteiger partial charge in [-0.15, -0.1) is 0 Å². The molecule has 1 heterocycles. The van der Waals surface area contributed by atoms with Crippen LogP contribution in [-0.2, 0) is 14.3 Å². The van der Waals surface area contributed by atoms with Gasteiger partial charge in [0.1, 0.15) is 0 Å². The molecule has 5 heteroatoms. The van der Waals surface area contributed by atoms with Crippen molar-refractivity contribution in [3.05, 3.63) is 0 Å². The summed E-state index contributed by atoms with van der Waals surface area (Å²) in [7, 11) is 1.44. The van der Waals surface area contributed by atoms with Gasteiger partial charge in [-0.3, -0.25) is 14.5 Å². The van der Waals surface area contributed by atoms with Crippen LogP contribution in [0, 0.1) is 17.3 Å². The van der Waals surface area contributed by atoms with E-state index < -0.39 is 5.41 Å². The zero-order chi connectivity index (χ0) is 16.5. The van der Waals surface area contributed by atoms with Gasteiger partial charge in [-0.25, -0.2) is 0 Å². The summed E-state index contributed by atoms with van der Waals surface area (Å²) in [5, 5.41) is 3.13. The fraction of sp³-hybridized carbons (Fsp3) is 0.882. The van der Waals surface area contributed by atoms with Crippen LogP contribution in [0.15, 0.2) is 0 Å². The number of rotatable bonds is 3. The smallest absolute Gasteiger partial charge is 0.310 e. The van der Waals surface area contributed by atoms with E-state index in [0.717, 1.165) is 13.1 Å². The number of amides is 1. The number of hydrogen-bond donors (Lipinski definition) is 1. The molecule has 22 heavy (non-hydrogen) atoms. The standard InChI is InChI=1S/C17H30N2O3/c1-11-6-7-14(11)19-9-12(15(20)22-5)8-13(10-19)18-16(21)17(2,3)4/h11-14H,6-10H2,1-5H3,(H,18,21). The topological polar surface area (TPSA) is 58.6 Å². The van der Waals surface area contributed by atoms with Crippen molar-refractivity contribution in [3.8, 4) is 0 Å². The number of hydrogen-bond acceptors (Lipinski definition) is 4. The van der Waals surface area contributed by atoms with Gasteiger partial charge in [0.15, 0.2) is 0 Å². The van der Waals surface area contributed by atoms with Gasteiger partial charge in [0.25, 0.3) is 0 Å². The molecule has 1 saturated carbocycles. The van der Waals surface area contributed by atoms with Crippen LogP contribution < -0.4 is 5.32 Å². The molecule has 2 fully saturated rings. The molecule has 126 valence electrons. The van der Waals surface area contributed by atoms with E-state index in [9.17, 15) is 9.59 Å². The highest BCUT2D eigenvalue weighted by Crippen LogP contribution is 2.34. The highest BCUT2D eigenvalue weighted by atomic mass is 16.5. The lowest BCUT2D eigenvalue weighted by Gasteiger charge is -2.48. The van der Waals surface area contributed by atoms with E-state index in [1.54, 1.807) is 0 Å². The Kier molecular flexibility index (Phi) is 5.15. The summed E-state index contributed by atoms with van der Waals surface area (Å²) in [4.78, 5) is 26.6. The molecule has 0 radical (unpaired) electrons. The lowest BCUT2D eigenvalue weighted by molar-refractivity contribution is -0.149. The molecule has 1 aliphatic heterocycles. The Morgan fingerprint density at radius 2 is 1.86 bits per heavy atom. The van der Waals surface area contributed by atoms with Gasteiger partial charge in [0.2, 0.25) is 5.91 Å². The highest BCUT2D eigenvalue weighted by molar-refractivity contribution is 5.81. The lowest BCUT2D eigenvalue weighted by atomic mass is 9.78. The second-order valence-electron chi connectivity index (χ2n) is 7.95. The molecule has 0 aromatic heterocycles. The summed E-state index contributed by atoms with van der Waals surface area (Å²) in [6, 6.07) is 0.568. The van der Waals surface area contributed by atoms with Crippen LogP contribution in [0.25, 0.3) is 0 Å². The van der Waals surface area contributed by atoms with E-state index in [1.165, 1.54) is 20.0 Å². The largest absolute Gasteiger partial charge is 0.469 e. The Hall–Kier alpha value is -1.10. The number of nitrogens with one attached hydrogen (secondary N) is 1. The quantitative estimate of drug-likeness (QED) is 0.808. The van der Waals surface area contributed by atoms with Crippen molar-refractivity contribution in [1.82, 2.24) is 10.2 Å². The average molecular weight is 310 g/mol. The molecule has 0 aromatic carbocycles. The van der Waals surface area contributed by atoms with Crippen LogP contribution in [-0.4, -0.2) is 49.1 Å². The van der Waals surface area contributed by atoms with Crippen molar-refractivity contribution >= 4 is 11.9 Å². The van der Waals surface area contributed by atoms with Gasteiger partial charge in [-0.1, -0.05) is 27.7 Å². The van der Waals surface area contributed by atoms with E-state index in [-0.39, 0.29) is 23.8 Å². The molecule has 4 atom stereocenters. The number of methoxy groups -OCH3 is 1. The molecule has 5 nitrogen and oxygen atoms in total. The minimum absolute atomic E-state index is 0.0253. The molecule has 2 aliphatic rings. The molecule has 1 amide bonds. The molecule has 1 aliphatic carbocycles. The number of ether oxygens (including phenoxy) is 1. The SMILES string of the molecule is COC(=O)C1CC(NC(=O)C(C)(C)C)CN(C2CCC2C)C1. The predicted octanol–water partition coefficient (Wildman–Crippen LogP) is 1.81. The van der Waals surface area contributed by atoms with Gasteiger partial charge in [0, 0.05) is 30.6 Å². The monoisotopic (exact) mass is 310 g/mol. The first-order chi connectivity index (χ1) is 10.2. The van der Waals surface area contributed by atoms with Gasteiger partial charge in [0.05, 0.1) is 13.0 Å². The molecular formula is C17H30N2O3. The van der Waals surface area contributed by atoms with Crippen molar-refractivity contribution in [2.24, 2.45) is 17.3 Å². The first-order valence-electron chi connectivity index (χ1n) is 8.35. The summed E-state index contributed by atoms with van der Waals surface area (Å²) in [5.41, 5.74) is -0.410. The first-order valence-corrected chi connectivity index (χ1v) is 8.35. The molecule has 1 N–H and O–H groups in total. The van der Waals surface area contributed by atoms with E-state index in [4.69, 9.17) is 4.74 Å². The normalized spacial score (nSPS) is 33.0. The summed E-state index contributed by atoms with van der Waals surface area (Å²) in [6.45, 7) is 9.59. The third-order valence-electron chi connectivity index (χ3n) is 5.07. The molecule has 4 unspecified atom stereocenters. The maximum absolute atomic E-state index is 12.3. The Morgan fingerprint density at radius 1 is 1.18 bits per heavy atom. The van der Waals surface area contributed by atoms with Crippen molar-refractivity contribution < 1.29 is 14.3 Å². The van der Waals surface area contributed by atoms with Crippen molar-refractivity contribution in [1.29, 1.82) is 0 Å². The van der Waals surface area contributed by atoms with Gasteiger partial charge >= 0.3 is 5.97 Å². The Balaban J connectivity index is 2.05. The molecule has 2 rings (SSSR count). The first kappa shape index (κ1) is 17.3. The van der Waals surface area contributed by atoms with E-state index in [2.05, 4.69) is 17.1 Å². The summed E-state index contributed by atoms with van der Waals surface area (Å²) >= 11 is 0. The molecule has 0 bridgehead atoms. The summed E-state index contributed by atoms with van der Waals surface area (Å²) in [6.07, 6.45) is 3.12. The van der Waals surface area contributed by atoms with Crippen LogP contribution in [0.4, 0.5) is 0 Å². The Morgan fingerprint density at radius 3 is 2.32 bits per heavy atom. The molecule has 0 spiro atoms. The number of nitrogens with zero attached hydrogens (tertiary/aromatic N) is 1.